The molecular formula is C31H28N4OS. The molecule has 3 aromatic carbocycles. The Hall–Kier alpha value is -3.90. The maximum Gasteiger partial charge on any atom is 0.254 e. The van der Waals surface area contributed by atoms with Gasteiger partial charge in [0.15, 0.2) is 5.16 Å². The van der Waals surface area contributed by atoms with Gasteiger partial charge >= 0.3 is 0 Å². The van der Waals surface area contributed by atoms with Crippen LogP contribution in [0.3, 0.4) is 0 Å². The smallest absolute Gasteiger partial charge is 0.254 e. The first-order valence-electron chi connectivity index (χ1n) is 12.6. The number of imidazole rings is 1. The number of thioether (sulfide) groups is 1. The van der Waals surface area contributed by atoms with E-state index >= 15 is 0 Å². The largest absolute Gasteiger partial charge is 0.334 e. The Morgan fingerprint density at radius 2 is 1.68 bits per heavy atom. The molecule has 0 atom stereocenters. The van der Waals surface area contributed by atoms with Crippen LogP contribution in [0.5, 0.6) is 0 Å². The van der Waals surface area contributed by atoms with Crippen molar-refractivity contribution in [2.75, 3.05) is 6.54 Å². The van der Waals surface area contributed by atoms with Crippen molar-refractivity contribution in [3.05, 3.63) is 125 Å². The first kappa shape index (κ1) is 23.5. The lowest BCUT2D eigenvalue weighted by Crippen LogP contribution is -2.35. The summed E-state index contributed by atoms with van der Waals surface area (Å²) in [5.41, 5.74) is 8.94. The van der Waals surface area contributed by atoms with Gasteiger partial charge in [-0.1, -0.05) is 78.0 Å². The van der Waals surface area contributed by atoms with E-state index in [1.165, 1.54) is 22.3 Å². The molecule has 5 nitrogen and oxygen atoms in total. The van der Waals surface area contributed by atoms with Crippen molar-refractivity contribution >= 4 is 28.7 Å². The summed E-state index contributed by atoms with van der Waals surface area (Å²) >= 11 is 1.74. The van der Waals surface area contributed by atoms with Crippen molar-refractivity contribution in [2.45, 2.75) is 37.3 Å². The summed E-state index contributed by atoms with van der Waals surface area (Å²) in [5.74, 6) is 0.941. The van der Waals surface area contributed by atoms with Crippen LogP contribution in [-0.2, 0) is 25.3 Å². The number of benzene rings is 3. The lowest BCUT2D eigenvalue weighted by Gasteiger charge is -2.29. The molecule has 0 N–H and O–H groups in total. The van der Waals surface area contributed by atoms with Gasteiger partial charge in [0.05, 0.1) is 23.8 Å². The molecule has 6 rings (SSSR count). The van der Waals surface area contributed by atoms with Crippen LogP contribution >= 0.6 is 11.8 Å². The molecular weight excluding hydrogens is 476 g/mol. The number of nitrogens with zero attached hydrogens (tertiary/aromatic N) is 4. The van der Waals surface area contributed by atoms with Crippen LogP contribution in [0, 0.1) is 6.92 Å². The molecule has 6 heteroatoms. The number of carbonyl (C=O) groups excluding carboxylic acids is 1. The predicted molar refractivity (Wildman–Crippen MR) is 149 cm³/mol. The van der Waals surface area contributed by atoms with E-state index in [-0.39, 0.29) is 5.91 Å². The third kappa shape index (κ3) is 5.02. The lowest BCUT2D eigenvalue weighted by molar-refractivity contribution is 0.0734. The molecule has 5 aromatic rings. The first-order valence-corrected chi connectivity index (χ1v) is 13.6. The molecule has 1 aliphatic heterocycles. The number of amides is 1. The number of aromatic nitrogens is 3. The lowest BCUT2D eigenvalue weighted by atomic mass is 9.99. The van der Waals surface area contributed by atoms with E-state index in [1.807, 2.05) is 35.4 Å². The maximum absolute atomic E-state index is 13.2. The molecule has 0 radical (unpaired) electrons. The van der Waals surface area contributed by atoms with Crippen LogP contribution in [-0.4, -0.2) is 31.9 Å². The molecule has 37 heavy (non-hydrogen) atoms. The quantitative estimate of drug-likeness (QED) is 0.256. The van der Waals surface area contributed by atoms with Crippen molar-refractivity contribution in [2.24, 2.45) is 0 Å². The molecule has 2 aromatic heterocycles. The summed E-state index contributed by atoms with van der Waals surface area (Å²) in [4.78, 5) is 24.4. The molecule has 0 unspecified atom stereocenters. The maximum atomic E-state index is 13.2. The fraction of sp³-hybridized carbons (Fsp3) is 0.194. The molecule has 1 aliphatic rings. The van der Waals surface area contributed by atoms with Crippen LogP contribution < -0.4 is 0 Å². The molecule has 0 fully saturated rings. The number of pyridine rings is 1. The van der Waals surface area contributed by atoms with Gasteiger partial charge in [0.2, 0.25) is 0 Å². The van der Waals surface area contributed by atoms with E-state index < -0.39 is 0 Å². The zero-order valence-corrected chi connectivity index (χ0v) is 21.6. The van der Waals surface area contributed by atoms with E-state index in [2.05, 4.69) is 71.1 Å². The van der Waals surface area contributed by atoms with Gasteiger partial charge in [-0.3, -0.25) is 9.78 Å². The second-order valence-corrected chi connectivity index (χ2v) is 10.5. The van der Waals surface area contributed by atoms with Crippen LogP contribution in [0.25, 0.3) is 11.0 Å². The summed E-state index contributed by atoms with van der Waals surface area (Å²) in [6, 6.07) is 27.0. The fourth-order valence-corrected chi connectivity index (χ4v) is 5.80. The number of fused-ring (bicyclic) bond motifs is 2. The summed E-state index contributed by atoms with van der Waals surface area (Å²) in [7, 11) is 0. The van der Waals surface area contributed by atoms with Crippen molar-refractivity contribution < 1.29 is 4.79 Å². The highest BCUT2D eigenvalue weighted by atomic mass is 32.2. The summed E-state index contributed by atoms with van der Waals surface area (Å²) in [6.45, 7) is 4.21. The molecule has 0 saturated heterocycles. The Kier molecular flexibility index (Phi) is 6.49. The van der Waals surface area contributed by atoms with E-state index in [0.29, 0.717) is 13.1 Å². The van der Waals surface area contributed by atoms with Crippen molar-refractivity contribution in [1.82, 2.24) is 19.4 Å². The SMILES string of the molecule is Cc1ccc(CSc2nc3ccncc3n2Cc2ccc(C(=O)N3CCc4ccccc4C3)cc2)cc1. The number of hydrogen-bond donors (Lipinski definition) is 0. The van der Waals surface area contributed by atoms with Gasteiger partial charge in [-0.2, -0.15) is 0 Å². The van der Waals surface area contributed by atoms with Crippen molar-refractivity contribution in [3.8, 4) is 0 Å². The third-order valence-corrected chi connectivity index (χ3v) is 8.01. The molecule has 3 heterocycles. The zero-order chi connectivity index (χ0) is 25.2. The van der Waals surface area contributed by atoms with Gasteiger partial charge in [0.1, 0.15) is 0 Å². The van der Waals surface area contributed by atoms with Crippen LogP contribution in [0.15, 0.2) is 96.4 Å². The second kappa shape index (κ2) is 10.2. The minimum Gasteiger partial charge on any atom is -0.334 e. The van der Waals surface area contributed by atoms with E-state index in [0.717, 1.165) is 46.0 Å². The van der Waals surface area contributed by atoms with E-state index in [1.54, 1.807) is 18.0 Å². The first-order chi connectivity index (χ1) is 18.1. The van der Waals surface area contributed by atoms with Crippen LogP contribution in [0.4, 0.5) is 0 Å². The minimum absolute atomic E-state index is 0.0904. The standard InChI is InChI=1S/C31H28N4OS/c1-22-6-8-24(9-7-22)21-37-31-33-28-14-16-32-18-29(28)35(31)19-23-10-12-26(13-11-23)30(36)34-17-15-25-4-2-3-5-27(25)20-34/h2-14,16,18H,15,17,19-21H2,1H3. The summed E-state index contributed by atoms with van der Waals surface area (Å²) < 4.78 is 2.22. The molecule has 0 spiro atoms. The van der Waals surface area contributed by atoms with Gasteiger partial charge in [0, 0.05) is 30.6 Å². The van der Waals surface area contributed by atoms with E-state index in [9.17, 15) is 4.79 Å². The molecule has 184 valence electrons. The average Bonchev–Trinajstić information content (AvgIpc) is 3.29. The Labute approximate surface area is 221 Å². The second-order valence-electron chi connectivity index (χ2n) is 9.56. The molecule has 0 aliphatic carbocycles. The Morgan fingerprint density at radius 3 is 2.49 bits per heavy atom. The predicted octanol–water partition coefficient (Wildman–Crippen LogP) is 6.28. The normalized spacial score (nSPS) is 13.1. The molecule has 0 bridgehead atoms. The van der Waals surface area contributed by atoms with Crippen LogP contribution in [0.1, 0.15) is 38.2 Å². The van der Waals surface area contributed by atoms with Crippen molar-refractivity contribution in [1.29, 1.82) is 0 Å². The van der Waals surface area contributed by atoms with Gasteiger partial charge in [-0.15, -0.1) is 0 Å². The number of carbonyl (C=O) groups is 1. The zero-order valence-electron chi connectivity index (χ0n) is 20.8. The number of hydrogen-bond acceptors (Lipinski definition) is 4. The van der Waals surface area contributed by atoms with Gasteiger partial charge in [0.25, 0.3) is 5.91 Å². The van der Waals surface area contributed by atoms with Gasteiger partial charge in [-0.05, 0) is 53.8 Å². The highest BCUT2D eigenvalue weighted by Gasteiger charge is 2.21. The number of aryl methyl sites for hydroxylation is 1. The molecule has 0 saturated carbocycles. The van der Waals surface area contributed by atoms with E-state index in [4.69, 9.17) is 4.98 Å². The monoisotopic (exact) mass is 504 g/mol. The van der Waals surface area contributed by atoms with Gasteiger partial charge < -0.3 is 9.47 Å². The number of rotatable bonds is 6. The Morgan fingerprint density at radius 1 is 0.919 bits per heavy atom. The Balaban J connectivity index is 1.20. The third-order valence-electron chi connectivity index (χ3n) is 6.96. The topological polar surface area (TPSA) is 51.0 Å². The highest BCUT2D eigenvalue weighted by molar-refractivity contribution is 7.98. The highest BCUT2D eigenvalue weighted by Crippen LogP contribution is 2.28. The summed E-state index contributed by atoms with van der Waals surface area (Å²) in [6.07, 6.45) is 4.57. The van der Waals surface area contributed by atoms with Gasteiger partial charge in [-0.25, -0.2) is 4.98 Å². The fourth-order valence-electron chi connectivity index (χ4n) is 4.83. The van der Waals surface area contributed by atoms with Crippen LogP contribution in [0.2, 0.25) is 0 Å². The average molecular weight is 505 g/mol. The summed E-state index contributed by atoms with van der Waals surface area (Å²) in [5, 5.41) is 0.968. The minimum atomic E-state index is 0.0904. The Bertz CT molecular complexity index is 1560. The molecule has 1 amide bonds. The van der Waals surface area contributed by atoms with Crippen molar-refractivity contribution in [3.63, 3.8) is 0 Å².